The van der Waals surface area contributed by atoms with Gasteiger partial charge in [0.25, 0.3) is 5.91 Å². The van der Waals surface area contributed by atoms with Crippen molar-refractivity contribution in [2.24, 2.45) is 0 Å². The van der Waals surface area contributed by atoms with Crippen LogP contribution >= 0.6 is 11.6 Å². The molecule has 2 unspecified atom stereocenters. The maximum atomic E-state index is 13.4. The topological polar surface area (TPSA) is 89.2 Å². The van der Waals surface area contributed by atoms with Crippen LogP contribution in [0.15, 0.2) is 36.5 Å². The van der Waals surface area contributed by atoms with E-state index in [1.807, 2.05) is 31.2 Å². The molecule has 1 amide bonds. The lowest BCUT2D eigenvalue weighted by molar-refractivity contribution is -0.0486. The standard InChI is InChI=1S/C23H27ClN4O4/c1-15-12-27(19(8-9-29)14-32-15)23(30)17-11-20(31-2)22-25-21(26-28(22)13-17)7-6-16-4-3-5-18(24)10-16/h3-5,10-11,13,15,19,29H,6-9,12,14H2,1-2H3. The number of hydrogen-bond acceptors (Lipinski definition) is 6. The lowest BCUT2D eigenvalue weighted by Crippen LogP contribution is -2.51. The molecule has 0 spiro atoms. The third-order valence-corrected chi connectivity index (χ3v) is 5.86. The number of carbonyl (C=O) groups excluding carboxylic acids is 1. The number of aliphatic hydroxyl groups excluding tert-OH is 1. The molecule has 1 N–H and O–H groups in total. The second kappa shape index (κ2) is 9.85. The fraction of sp³-hybridized carbons (Fsp3) is 0.435. The van der Waals surface area contributed by atoms with Crippen molar-refractivity contribution in [2.75, 3.05) is 26.9 Å². The summed E-state index contributed by atoms with van der Waals surface area (Å²) in [4.78, 5) is 19.7. The Morgan fingerprint density at radius 3 is 2.94 bits per heavy atom. The number of pyridine rings is 1. The Hall–Kier alpha value is -2.68. The lowest BCUT2D eigenvalue weighted by atomic mass is 10.1. The second-order valence-corrected chi connectivity index (χ2v) is 8.43. The van der Waals surface area contributed by atoms with Crippen molar-refractivity contribution in [2.45, 2.75) is 38.3 Å². The quantitative estimate of drug-likeness (QED) is 0.585. The van der Waals surface area contributed by atoms with E-state index in [2.05, 4.69) is 10.1 Å². The van der Waals surface area contributed by atoms with Crippen molar-refractivity contribution in [3.8, 4) is 5.75 Å². The van der Waals surface area contributed by atoms with Crippen molar-refractivity contribution in [1.82, 2.24) is 19.5 Å². The number of nitrogens with zero attached hydrogens (tertiary/aromatic N) is 4. The van der Waals surface area contributed by atoms with E-state index in [1.54, 1.807) is 28.8 Å². The maximum absolute atomic E-state index is 13.4. The number of carbonyl (C=O) groups is 1. The Balaban J connectivity index is 1.59. The number of aliphatic hydroxyl groups is 1. The highest BCUT2D eigenvalue weighted by Gasteiger charge is 2.31. The molecule has 0 saturated carbocycles. The van der Waals surface area contributed by atoms with Gasteiger partial charge >= 0.3 is 0 Å². The van der Waals surface area contributed by atoms with Crippen LogP contribution in [-0.2, 0) is 17.6 Å². The van der Waals surface area contributed by atoms with Gasteiger partial charge in [-0.2, -0.15) is 5.10 Å². The summed E-state index contributed by atoms with van der Waals surface area (Å²) >= 11 is 6.07. The number of rotatable bonds is 7. The summed E-state index contributed by atoms with van der Waals surface area (Å²) in [5.74, 6) is 0.998. The van der Waals surface area contributed by atoms with Gasteiger partial charge in [0.1, 0.15) is 0 Å². The fourth-order valence-corrected chi connectivity index (χ4v) is 4.18. The van der Waals surface area contributed by atoms with E-state index in [0.29, 0.717) is 53.8 Å². The SMILES string of the molecule is COc1cc(C(=O)N2CC(C)OCC2CCO)cn2nc(CCc3cccc(Cl)c3)nc12. The third-order valence-electron chi connectivity index (χ3n) is 5.63. The summed E-state index contributed by atoms with van der Waals surface area (Å²) in [6, 6.07) is 9.24. The van der Waals surface area contributed by atoms with Crippen LogP contribution in [0.25, 0.3) is 5.65 Å². The van der Waals surface area contributed by atoms with Gasteiger partial charge in [0.05, 0.1) is 31.4 Å². The van der Waals surface area contributed by atoms with E-state index < -0.39 is 0 Å². The van der Waals surface area contributed by atoms with Gasteiger partial charge in [-0.25, -0.2) is 9.50 Å². The van der Waals surface area contributed by atoms with Crippen LogP contribution in [0.3, 0.4) is 0 Å². The Morgan fingerprint density at radius 2 is 2.19 bits per heavy atom. The molecule has 0 aliphatic carbocycles. The molecule has 1 aliphatic heterocycles. The van der Waals surface area contributed by atoms with E-state index in [9.17, 15) is 9.90 Å². The highest BCUT2D eigenvalue weighted by atomic mass is 35.5. The molecule has 32 heavy (non-hydrogen) atoms. The molecule has 1 aromatic carbocycles. The molecular formula is C23H27ClN4O4. The Bertz CT molecular complexity index is 1100. The minimum atomic E-state index is -0.172. The summed E-state index contributed by atoms with van der Waals surface area (Å²) in [5, 5.41) is 14.7. The number of morpholine rings is 1. The minimum absolute atomic E-state index is 0.00634. The van der Waals surface area contributed by atoms with E-state index in [0.717, 1.165) is 12.0 Å². The Kier molecular flexibility index (Phi) is 6.93. The first-order valence-corrected chi connectivity index (χ1v) is 11.1. The zero-order chi connectivity index (χ0) is 22.7. The number of halogens is 1. The molecule has 3 heterocycles. The first-order chi connectivity index (χ1) is 15.5. The second-order valence-electron chi connectivity index (χ2n) is 7.99. The number of ether oxygens (including phenoxy) is 2. The van der Waals surface area contributed by atoms with Gasteiger partial charge in [-0.1, -0.05) is 23.7 Å². The third kappa shape index (κ3) is 4.87. The molecular weight excluding hydrogens is 432 g/mol. The molecule has 1 aliphatic rings. The normalized spacial score (nSPS) is 18.8. The maximum Gasteiger partial charge on any atom is 0.255 e. The van der Waals surface area contributed by atoms with E-state index in [-0.39, 0.29) is 24.7 Å². The summed E-state index contributed by atoms with van der Waals surface area (Å²) in [6.07, 6.45) is 3.47. The van der Waals surface area contributed by atoms with Gasteiger partial charge in [-0.3, -0.25) is 4.79 Å². The predicted molar refractivity (Wildman–Crippen MR) is 120 cm³/mol. The van der Waals surface area contributed by atoms with Gasteiger partial charge in [0.2, 0.25) is 0 Å². The van der Waals surface area contributed by atoms with Gasteiger partial charge in [0.15, 0.2) is 17.2 Å². The summed E-state index contributed by atoms with van der Waals surface area (Å²) in [5.41, 5.74) is 2.13. The average Bonchev–Trinajstić information content (AvgIpc) is 3.21. The molecule has 0 radical (unpaired) electrons. The fourth-order valence-electron chi connectivity index (χ4n) is 3.97. The van der Waals surface area contributed by atoms with Crippen molar-refractivity contribution < 1.29 is 19.4 Å². The highest BCUT2D eigenvalue weighted by molar-refractivity contribution is 6.30. The monoisotopic (exact) mass is 458 g/mol. The Morgan fingerprint density at radius 1 is 1.34 bits per heavy atom. The van der Waals surface area contributed by atoms with Crippen molar-refractivity contribution in [3.63, 3.8) is 0 Å². The summed E-state index contributed by atoms with van der Waals surface area (Å²) in [6.45, 7) is 2.80. The van der Waals surface area contributed by atoms with Crippen LogP contribution in [0.1, 0.15) is 35.1 Å². The number of fused-ring (bicyclic) bond motifs is 1. The van der Waals surface area contributed by atoms with Crippen molar-refractivity contribution >= 4 is 23.2 Å². The van der Waals surface area contributed by atoms with Crippen LogP contribution in [-0.4, -0.2) is 69.5 Å². The number of benzene rings is 1. The van der Waals surface area contributed by atoms with Gasteiger partial charge in [-0.05, 0) is 43.5 Å². The molecule has 1 fully saturated rings. The molecule has 8 nitrogen and oxygen atoms in total. The molecule has 170 valence electrons. The van der Waals surface area contributed by atoms with Crippen LogP contribution < -0.4 is 4.74 Å². The molecule has 2 atom stereocenters. The Labute approximate surface area is 191 Å². The molecule has 1 saturated heterocycles. The lowest BCUT2D eigenvalue weighted by Gasteiger charge is -2.38. The van der Waals surface area contributed by atoms with E-state index in [4.69, 9.17) is 21.1 Å². The van der Waals surface area contributed by atoms with Crippen molar-refractivity contribution in [1.29, 1.82) is 0 Å². The van der Waals surface area contributed by atoms with Gasteiger partial charge in [-0.15, -0.1) is 0 Å². The number of methoxy groups -OCH3 is 1. The predicted octanol–water partition coefficient (Wildman–Crippen LogP) is 2.79. The van der Waals surface area contributed by atoms with Crippen LogP contribution in [0.4, 0.5) is 0 Å². The smallest absolute Gasteiger partial charge is 0.255 e. The zero-order valence-corrected chi connectivity index (χ0v) is 19.0. The highest BCUT2D eigenvalue weighted by Crippen LogP contribution is 2.24. The van der Waals surface area contributed by atoms with E-state index in [1.165, 1.54) is 0 Å². The molecule has 2 aromatic heterocycles. The molecule has 0 bridgehead atoms. The van der Waals surface area contributed by atoms with Crippen molar-refractivity contribution in [3.05, 3.63) is 58.5 Å². The van der Waals surface area contributed by atoms with Gasteiger partial charge < -0.3 is 19.5 Å². The minimum Gasteiger partial charge on any atom is -0.493 e. The summed E-state index contributed by atoms with van der Waals surface area (Å²) < 4.78 is 12.8. The first-order valence-electron chi connectivity index (χ1n) is 10.7. The van der Waals surface area contributed by atoms with Crippen LogP contribution in [0.2, 0.25) is 5.02 Å². The average molecular weight is 459 g/mol. The first kappa shape index (κ1) is 22.5. The van der Waals surface area contributed by atoms with Gasteiger partial charge in [0, 0.05) is 30.8 Å². The van der Waals surface area contributed by atoms with Crippen LogP contribution in [0, 0.1) is 0 Å². The largest absolute Gasteiger partial charge is 0.493 e. The van der Waals surface area contributed by atoms with Crippen LogP contribution in [0.5, 0.6) is 5.75 Å². The summed E-state index contributed by atoms with van der Waals surface area (Å²) in [7, 11) is 1.55. The molecule has 9 heteroatoms. The number of hydrogen-bond donors (Lipinski definition) is 1. The van der Waals surface area contributed by atoms with E-state index >= 15 is 0 Å². The molecule has 3 aromatic rings. The number of aromatic nitrogens is 3. The zero-order valence-electron chi connectivity index (χ0n) is 18.2. The number of amides is 1. The number of aryl methyl sites for hydroxylation is 2. The molecule has 4 rings (SSSR count).